The van der Waals surface area contributed by atoms with Crippen LogP contribution in [-0.4, -0.2) is 19.3 Å². The van der Waals surface area contributed by atoms with E-state index in [4.69, 9.17) is 0 Å². The van der Waals surface area contributed by atoms with Gasteiger partial charge in [-0.15, -0.1) is 0 Å². The highest BCUT2D eigenvalue weighted by Crippen LogP contribution is 2.13. The average Bonchev–Trinajstić information content (AvgIpc) is 3.16. The molecule has 0 bridgehead atoms. The topological polar surface area (TPSA) is 47.7 Å². The number of aromatic nitrogens is 4. The second kappa shape index (κ2) is 5.61. The monoisotopic (exact) mass is 267 g/mol. The Labute approximate surface area is 117 Å². The summed E-state index contributed by atoms with van der Waals surface area (Å²) in [5.41, 5.74) is 3.33. The molecule has 0 aliphatic rings. The lowest BCUT2D eigenvalue weighted by Crippen LogP contribution is -2.06. The quantitative estimate of drug-likeness (QED) is 0.773. The van der Waals surface area contributed by atoms with Crippen molar-refractivity contribution in [2.24, 2.45) is 0 Å². The van der Waals surface area contributed by atoms with E-state index in [1.54, 1.807) is 6.20 Å². The van der Waals surface area contributed by atoms with E-state index in [2.05, 4.69) is 39.0 Å². The number of hydrogen-bond acceptors (Lipinski definition) is 3. The fourth-order valence-corrected chi connectivity index (χ4v) is 2.13. The summed E-state index contributed by atoms with van der Waals surface area (Å²) in [6.45, 7) is 3.83. The maximum absolute atomic E-state index is 4.21. The van der Waals surface area contributed by atoms with Gasteiger partial charge in [0.2, 0.25) is 0 Å². The second-order valence-corrected chi connectivity index (χ2v) is 4.52. The SMILES string of the molecule is CCn1cncc1CNc1ccc(-n2cccn2)cc1. The summed E-state index contributed by atoms with van der Waals surface area (Å²) in [6.07, 6.45) is 7.47. The number of aryl methyl sites for hydroxylation is 1. The fourth-order valence-electron chi connectivity index (χ4n) is 2.13. The lowest BCUT2D eigenvalue weighted by molar-refractivity contribution is 0.719. The predicted octanol–water partition coefficient (Wildman–Crippen LogP) is 2.70. The van der Waals surface area contributed by atoms with Crippen LogP contribution in [-0.2, 0) is 13.1 Å². The number of nitrogens with one attached hydrogen (secondary N) is 1. The van der Waals surface area contributed by atoms with Gasteiger partial charge in [-0.2, -0.15) is 5.10 Å². The summed E-state index contributed by atoms with van der Waals surface area (Å²) in [5, 5.41) is 7.61. The Morgan fingerprint density at radius 2 is 2.05 bits per heavy atom. The van der Waals surface area contributed by atoms with Gasteiger partial charge in [-0.05, 0) is 37.3 Å². The van der Waals surface area contributed by atoms with Crippen molar-refractivity contribution in [2.45, 2.75) is 20.0 Å². The van der Waals surface area contributed by atoms with E-state index in [0.717, 1.165) is 24.5 Å². The molecule has 0 fully saturated rings. The Morgan fingerprint density at radius 3 is 2.75 bits per heavy atom. The van der Waals surface area contributed by atoms with E-state index in [0.29, 0.717) is 0 Å². The lowest BCUT2D eigenvalue weighted by atomic mass is 10.2. The molecule has 1 aromatic carbocycles. The van der Waals surface area contributed by atoms with Gasteiger partial charge in [-0.3, -0.25) is 0 Å². The van der Waals surface area contributed by atoms with Crippen molar-refractivity contribution in [1.82, 2.24) is 19.3 Å². The van der Waals surface area contributed by atoms with Crippen molar-refractivity contribution in [2.75, 3.05) is 5.32 Å². The zero-order valence-electron chi connectivity index (χ0n) is 11.4. The molecule has 0 atom stereocenters. The van der Waals surface area contributed by atoms with Crippen LogP contribution in [0, 0.1) is 0 Å². The van der Waals surface area contributed by atoms with Crippen molar-refractivity contribution in [3.8, 4) is 5.69 Å². The van der Waals surface area contributed by atoms with E-state index < -0.39 is 0 Å². The Bertz CT molecular complexity index is 652. The molecule has 20 heavy (non-hydrogen) atoms. The second-order valence-electron chi connectivity index (χ2n) is 4.52. The molecule has 0 aliphatic carbocycles. The molecule has 2 heterocycles. The van der Waals surface area contributed by atoms with E-state index in [-0.39, 0.29) is 0 Å². The first-order valence-corrected chi connectivity index (χ1v) is 6.70. The third-order valence-corrected chi connectivity index (χ3v) is 3.25. The Hall–Kier alpha value is -2.56. The molecule has 0 saturated heterocycles. The van der Waals surface area contributed by atoms with E-state index >= 15 is 0 Å². The molecular weight excluding hydrogens is 250 g/mol. The van der Waals surface area contributed by atoms with Crippen molar-refractivity contribution >= 4 is 5.69 Å². The molecule has 102 valence electrons. The maximum Gasteiger partial charge on any atom is 0.0948 e. The summed E-state index contributed by atoms with van der Waals surface area (Å²) in [7, 11) is 0. The Balaban J connectivity index is 1.67. The molecular formula is C15H17N5. The van der Waals surface area contributed by atoms with Crippen LogP contribution in [0.15, 0.2) is 55.2 Å². The van der Waals surface area contributed by atoms with Gasteiger partial charge in [0, 0.05) is 30.8 Å². The molecule has 0 amide bonds. The van der Waals surface area contributed by atoms with Crippen molar-refractivity contribution in [3.63, 3.8) is 0 Å². The third-order valence-electron chi connectivity index (χ3n) is 3.25. The van der Waals surface area contributed by atoms with Crippen LogP contribution in [0.1, 0.15) is 12.6 Å². The van der Waals surface area contributed by atoms with Gasteiger partial charge < -0.3 is 9.88 Å². The summed E-state index contributed by atoms with van der Waals surface area (Å²) in [4.78, 5) is 4.16. The molecule has 0 aliphatic heterocycles. The first-order valence-electron chi connectivity index (χ1n) is 6.70. The molecule has 3 aromatic rings. The van der Waals surface area contributed by atoms with Gasteiger partial charge >= 0.3 is 0 Å². The van der Waals surface area contributed by atoms with Crippen LogP contribution in [0.2, 0.25) is 0 Å². The van der Waals surface area contributed by atoms with E-state index in [9.17, 15) is 0 Å². The van der Waals surface area contributed by atoms with E-state index in [1.165, 1.54) is 5.69 Å². The van der Waals surface area contributed by atoms with Gasteiger partial charge in [0.1, 0.15) is 0 Å². The smallest absolute Gasteiger partial charge is 0.0948 e. The molecule has 0 unspecified atom stereocenters. The van der Waals surface area contributed by atoms with Crippen LogP contribution in [0.25, 0.3) is 5.69 Å². The Kier molecular flexibility index (Phi) is 3.50. The van der Waals surface area contributed by atoms with E-state index in [1.807, 2.05) is 41.6 Å². The summed E-state index contributed by atoms with van der Waals surface area (Å²) in [6, 6.07) is 10.1. The molecule has 0 saturated carbocycles. The summed E-state index contributed by atoms with van der Waals surface area (Å²) >= 11 is 0. The predicted molar refractivity (Wildman–Crippen MR) is 78.8 cm³/mol. The summed E-state index contributed by atoms with van der Waals surface area (Å²) < 4.78 is 3.97. The van der Waals surface area contributed by atoms with Crippen molar-refractivity contribution in [1.29, 1.82) is 0 Å². The van der Waals surface area contributed by atoms with Crippen molar-refractivity contribution in [3.05, 3.63) is 60.9 Å². The molecule has 0 radical (unpaired) electrons. The normalized spacial score (nSPS) is 10.7. The molecule has 5 heteroatoms. The minimum Gasteiger partial charge on any atom is -0.379 e. The number of benzene rings is 1. The van der Waals surface area contributed by atoms with Crippen LogP contribution in [0.3, 0.4) is 0 Å². The van der Waals surface area contributed by atoms with Gasteiger partial charge in [0.15, 0.2) is 0 Å². The van der Waals surface area contributed by atoms with Gasteiger partial charge in [0.05, 0.1) is 24.3 Å². The minimum atomic E-state index is 0.773. The van der Waals surface area contributed by atoms with Gasteiger partial charge in [-0.1, -0.05) is 0 Å². The summed E-state index contributed by atoms with van der Waals surface area (Å²) in [5.74, 6) is 0. The molecule has 0 spiro atoms. The fraction of sp³-hybridized carbons (Fsp3) is 0.200. The number of anilines is 1. The van der Waals surface area contributed by atoms with Crippen LogP contribution in [0.5, 0.6) is 0 Å². The highest BCUT2D eigenvalue weighted by atomic mass is 15.3. The van der Waals surface area contributed by atoms with Crippen LogP contribution < -0.4 is 5.32 Å². The highest BCUT2D eigenvalue weighted by Gasteiger charge is 2.01. The molecule has 3 rings (SSSR count). The van der Waals surface area contributed by atoms with Crippen LogP contribution >= 0.6 is 0 Å². The lowest BCUT2D eigenvalue weighted by Gasteiger charge is -2.09. The largest absolute Gasteiger partial charge is 0.379 e. The van der Waals surface area contributed by atoms with Gasteiger partial charge in [-0.25, -0.2) is 9.67 Å². The zero-order chi connectivity index (χ0) is 13.8. The Morgan fingerprint density at radius 1 is 1.20 bits per heavy atom. The number of nitrogens with zero attached hydrogens (tertiary/aromatic N) is 4. The van der Waals surface area contributed by atoms with Crippen LogP contribution in [0.4, 0.5) is 5.69 Å². The molecule has 5 nitrogen and oxygen atoms in total. The first kappa shape index (κ1) is 12.5. The molecule has 1 N–H and O–H groups in total. The first-order chi connectivity index (χ1) is 9.86. The zero-order valence-corrected chi connectivity index (χ0v) is 11.4. The maximum atomic E-state index is 4.21. The standard InChI is InChI=1S/C15H17N5/c1-2-19-12-16-10-15(19)11-17-13-4-6-14(7-5-13)20-9-3-8-18-20/h3-10,12,17H,2,11H2,1H3. The van der Waals surface area contributed by atoms with Gasteiger partial charge in [0.25, 0.3) is 0 Å². The highest BCUT2D eigenvalue weighted by molar-refractivity contribution is 5.48. The minimum absolute atomic E-state index is 0.773. The number of imidazole rings is 1. The van der Waals surface area contributed by atoms with Crippen molar-refractivity contribution < 1.29 is 0 Å². The number of rotatable bonds is 5. The average molecular weight is 267 g/mol. The molecule has 2 aromatic heterocycles. The third kappa shape index (κ3) is 2.56. The number of hydrogen-bond donors (Lipinski definition) is 1.